The van der Waals surface area contributed by atoms with Crippen molar-refractivity contribution in [2.45, 2.75) is 42.8 Å². The summed E-state index contributed by atoms with van der Waals surface area (Å²) in [5, 5.41) is 0. The van der Waals surface area contributed by atoms with Crippen molar-refractivity contribution in [2.75, 3.05) is 39.7 Å². The highest BCUT2D eigenvalue weighted by Gasteiger charge is 2.36. The fraction of sp³-hybridized carbons (Fsp3) is 0.650. The molecule has 0 bridgehead atoms. The average molecular weight is 417 g/mol. The van der Waals surface area contributed by atoms with Crippen LogP contribution in [0.4, 0.5) is 13.2 Å². The Balaban J connectivity index is 1.86. The van der Waals surface area contributed by atoms with Crippen molar-refractivity contribution in [1.82, 2.24) is 4.90 Å². The Kier molecular flexibility index (Phi) is 6.94. The molecule has 4 nitrogen and oxygen atoms in total. The third-order valence-electron chi connectivity index (χ3n) is 5.60. The quantitative estimate of drug-likeness (QED) is 0.503. The molecule has 1 aromatic rings. The summed E-state index contributed by atoms with van der Waals surface area (Å²) < 4.78 is 50.3. The second kappa shape index (κ2) is 9.05. The molecule has 3 rings (SSSR count). The molecule has 0 saturated carbocycles. The first-order chi connectivity index (χ1) is 13.3. The summed E-state index contributed by atoms with van der Waals surface area (Å²) in [6.07, 6.45) is 0.649. The molecule has 156 valence electrons. The third-order valence-corrected chi connectivity index (χ3v) is 6.37. The molecular weight excluding hydrogens is 391 g/mol. The van der Waals surface area contributed by atoms with Gasteiger partial charge in [0.05, 0.1) is 24.8 Å². The van der Waals surface area contributed by atoms with Crippen molar-refractivity contribution in [3.8, 4) is 5.75 Å². The Labute approximate surface area is 167 Å². The van der Waals surface area contributed by atoms with Gasteiger partial charge in [-0.25, -0.2) is 0 Å². The Hall–Kier alpha value is -1.25. The molecule has 0 aromatic heterocycles. The first kappa shape index (κ1) is 21.5. The van der Waals surface area contributed by atoms with Gasteiger partial charge in [-0.15, -0.1) is 11.8 Å². The van der Waals surface area contributed by atoms with E-state index in [4.69, 9.17) is 9.47 Å². The van der Waals surface area contributed by atoms with E-state index in [0.717, 1.165) is 43.4 Å². The standard InChI is InChI=1S/C20H26F3NO3S/c1-26-17-10-14(20(21,22)23)11-18(28-2)19(17)16(25)9-13-12-27-8-5-15(13)24-6-3-4-7-24/h10-11,13,15H,3-9,12H2,1-2H3/t13-,15+/m0/s1. The molecule has 2 heterocycles. The van der Waals surface area contributed by atoms with Gasteiger partial charge in [-0.1, -0.05) is 0 Å². The van der Waals surface area contributed by atoms with Crippen LogP contribution < -0.4 is 4.74 Å². The number of benzene rings is 1. The number of halogens is 3. The number of rotatable bonds is 6. The van der Waals surface area contributed by atoms with E-state index in [2.05, 4.69) is 4.90 Å². The number of Topliss-reactive ketones (excluding diaryl/α,β-unsaturated/α-hetero) is 1. The number of hydrogen-bond acceptors (Lipinski definition) is 5. The molecule has 1 aromatic carbocycles. The van der Waals surface area contributed by atoms with Crippen molar-refractivity contribution in [3.05, 3.63) is 23.3 Å². The molecule has 2 aliphatic rings. The van der Waals surface area contributed by atoms with Crippen LogP contribution in [0.1, 0.15) is 41.6 Å². The Morgan fingerprint density at radius 2 is 2.04 bits per heavy atom. The monoisotopic (exact) mass is 417 g/mol. The Morgan fingerprint density at radius 1 is 1.32 bits per heavy atom. The van der Waals surface area contributed by atoms with Crippen LogP contribution in [0.15, 0.2) is 17.0 Å². The van der Waals surface area contributed by atoms with E-state index in [1.165, 1.54) is 20.0 Å². The normalized spacial score (nSPS) is 23.8. The van der Waals surface area contributed by atoms with E-state index >= 15 is 0 Å². The summed E-state index contributed by atoms with van der Waals surface area (Å²) in [6, 6.07) is 2.25. The van der Waals surface area contributed by atoms with Crippen LogP contribution in [0.25, 0.3) is 0 Å². The van der Waals surface area contributed by atoms with Crippen LogP contribution in [0.5, 0.6) is 5.75 Å². The first-order valence-electron chi connectivity index (χ1n) is 9.53. The highest BCUT2D eigenvalue weighted by atomic mass is 32.2. The Morgan fingerprint density at radius 3 is 2.64 bits per heavy atom. The van der Waals surface area contributed by atoms with Crippen LogP contribution in [0.3, 0.4) is 0 Å². The van der Waals surface area contributed by atoms with Gasteiger partial charge in [-0.05, 0) is 50.7 Å². The van der Waals surface area contributed by atoms with Gasteiger partial charge in [0, 0.05) is 29.9 Å². The number of methoxy groups -OCH3 is 1. The van der Waals surface area contributed by atoms with Gasteiger partial charge in [0.25, 0.3) is 0 Å². The number of ether oxygens (including phenoxy) is 2. The first-order valence-corrected chi connectivity index (χ1v) is 10.8. The largest absolute Gasteiger partial charge is 0.496 e. The maximum atomic E-state index is 13.2. The zero-order valence-electron chi connectivity index (χ0n) is 16.2. The van der Waals surface area contributed by atoms with Crippen molar-refractivity contribution in [2.24, 2.45) is 5.92 Å². The molecule has 2 aliphatic heterocycles. The molecule has 0 unspecified atom stereocenters. The minimum absolute atomic E-state index is 0.0152. The van der Waals surface area contributed by atoms with E-state index < -0.39 is 11.7 Å². The molecule has 2 fully saturated rings. The summed E-state index contributed by atoms with van der Waals surface area (Å²) in [5.74, 6) is -0.158. The lowest BCUT2D eigenvalue weighted by Crippen LogP contribution is -2.45. The number of thioether (sulfide) groups is 1. The molecule has 0 N–H and O–H groups in total. The van der Waals surface area contributed by atoms with E-state index in [9.17, 15) is 18.0 Å². The van der Waals surface area contributed by atoms with Gasteiger partial charge in [0.2, 0.25) is 0 Å². The SMILES string of the molecule is COc1cc(C(F)(F)F)cc(SC)c1C(=O)C[C@H]1COCC[C@H]1N1CCCC1. The van der Waals surface area contributed by atoms with E-state index in [-0.39, 0.29) is 29.4 Å². The molecule has 0 amide bonds. The molecule has 0 aliphatic carbocycles. The Bertz CT molecular complexity index is 679. The van der Waals surface area contributed by atoms with E-state index in [1.54, 1.807) is 6.26 Å². The summed E-state index contributed by atoms with van der Waals surface area (Å²) in [5.41, 5.74) is -0.560. The number of likely N-dealkylation sites (tertiary alicyclic amines) is 1. The predicted octanol–water partition coefficient (Wildman–Crippen LogP) is 4.51. The minimum atomic E-state index is -4.49. The van der Waals surface area contributed by atoms with Crippen molar-refractivity contribution in [3.63, 3.8) is 0 Å². The van der Waals surface area contributed by atoms with Crippen LogP contribution in [-0.4, -0.2) is 56.4 Å². The van der Waals surface area contributed by atoms with Crippen molar-refractivity contribution in [1.29, 1.82) is 0 Å². The van der Waals surface area contributed by atoms with Gasteiger partial charge >= 0.3 is 6.18 Å². The number of hydrogen-bond donors (Lipinski definition) is 0. The van der Waals surface area contributed by atoms with Crippen LogP contribution >= 0.6 is 11.8 Å². The zero-order valence-corrected chi connectivity index (χ0v) is 17.0. The van der Waals surface area contributed by atoms with E-state index in [0.29, 0.717) is 24.2 Å². The topological polar surface area (TPSA) is 38.8 Å². The smallest absolute Gasteiger partial charge is 0.416 e. The van der Waals surface area contributed by atoms with Crippen LogP contribution in [0, 0.1) is 5.92 Å². The predicted molar refractivity (Wildman–Crippen MR) is 102 cm³/mol. The van der Waals surface area contributed by atoms with Gasteiger partial charge in [0.1, 0.15) is 5.75 Å². The minimum Gasteiger partial charge on any atom is -0.496 e. The lowest BCUT2D eigenvalue weighted by atomic mass is 9.87. The average Bonchev–Trinajstić information content (AvgIpc) is 3.21. The summed E-state index contributed by atoms with van der Waals surface area (Å²) >= 11 is 1.13. The zero-order chi connectivity index (χ0) is 20.3. The maximum Gasteiger partial charge on any atom is 0.416 e. The molecule has 2 atom stereocenters. The number of carbonyl (C=O) groups is 1. The summed E-state index contributed by atoms with van der Waals surface area (Å²) in [4.78, 5) is 15.9. The number of nitrogens with zero attached hydrogens (tertiary/aromatic N) is 1. The van der Waals surface area contributed by atoms with Crippen LogP contribution in [-0.2, 0) is 10.9 Å². The van der Waals surface area contributed by atoms with Gasteiger partial charge in [-0.2, -0.15) is 13.2 Å². The van der Waals surface area contributed by atoms with Crippen LogP contribution in [0.2, 0.25) is 0 Å². The molecule has 0 radical (unpaired) electrons. The molecule has 2 saturated heterocycles. The second-order valence-corrected chi connectivity index (χ2v) is 8.16. The maximum absolute atomic E-state index is 13.2. The third kappa shape index (κ3) is 4.66. The number of carbonyl (C=O) groups excluding carboxylic acids is 1. The molecular formula is C20H26F3NO3S. The number of ketones is 1. The fourth-order valence-electron chi connectivity index (χ4n) is 4.23. The van der Waals surface area contributed by atoms with Gasteiger partial charge in [0.15, 0.2) is 5.78 Å². The van der Waals surface area contributed by atoms with Crippen molar-refractivity contribution >= 4 is 17.5 Å². The van der Waals surface area contributed by atoms with Crippen molar-refractivity contribution < 1.29 is 27.4 Å². The fourth-order valence-corrected chi connectivity index (χ4v) is 4.89. The highest BCUT2D eigenvalue weighted by Crippen LogP contribution is 2.39. The van der Waals surface area contributed by atoms with Gasteiger partial charge < -0.3 is 9.47 Å². The molecule has 0 spiro atoms. The summed E-state index contributed by atoms with van der Waals surface area (Å²) in [7, 11) is 1.30. The van der Waals surface area contributed by atoms with E-state index in [1.807, 2.05) is 0 Å². The highest BCUT2D eigenvalue weighted by molar-refractivity contribution is 7.98. The summed E-state index contributed by atoms with van der Waals surface area (Å²) in [6.45, 7) is 3.26. The second-order valence-electron chi connectivity index (χ2n) is 7.31. The molecule has 28 heavy (non-hydrogen) atoms. The number of alkyl halides is 3. The molecule has 8 heteroatoms. The lowest BCUT2D eigenvalue weighted by Gasteiger charge is -2.37. The van der Waals surface area contributed by atoms with Gasteiger partial charge in [-0.3, -0.25) is 9.69 Å². The lowest BCUT2D eigenvalue weighted by molar-refractivity contribution is -0.137.